The van der Waals surface area contributed by atoms with Crippen LogP contribution in [0, 0.1) is 6.92 Å². The Morgan fingerprint density at radius 1 is 1.11 bits per heavy atom. The Labute approximate surface area is 108 Å². The lowest BCUT2D eigenvalue weighted by molar-refractivity contribution is 0.817. The van der Waals surface area contributed by atoms with E-state index in [0.717, 1.165) is 18.7 Å². The molecule has 3 heteroatoms. The van der Waals surface area contributed by atoms with Gasteiger partial charge in [-0.25, -0.2) is 0 Å². The van der Waals surface area contributed by atoms with E-state index < -0.39 is 0 Å². The van der Waals surface area contributed by atoms with Crippen LogP contribution in [-0.2, 0) is 0 Å². The number of rotatable bonds is 5. The lowest BCUT2D eigenvalue weighted by atomic mass is 10.2. The van der Waals surface area contributed by atoms with Crippen molar-refractivity contribution in [1.82, 2.24) is 4.98 Å². The predicted molar refractivity (Wildman–Crippen MR) is 76.1 cm³/mol. The van der Waals surface area contributed by atoms with Gasteiger partial charge in [0.1, 0.15) is 0 Å². The summed E-state index contributed by atoms with van der Waals surface area (Å²) in [5.41, 5.74) is 9.01. The Hall–Kier alpha value is -1.87. The number of pyridine rings is 1. The van der Waals surface area contributed by atoms with Crippen LogP contribution in [0.15, 0.2) is 48.7 Å². The quantitative estimate of drug-likeness (QED) is 0.875. The molecule has 1 aromatic carbocycles. The lowest BCUT2D eigenvalue weighted by Gasteiger charge is -2.25. The first-order valence-electron chi connectivity index (χ1n) is 6.26. The van der Waals surface area contributed by atoms with Crippen LogP contribution in [-0.4, -0.2) is 18.1 Å². The van der Waals surface area contributed by atoms with Gasteiger partial charge in [-0.3, -0.25) is 4.98 Å². The van der Waals surface area contributed by atoms with Gasteiger partial charge >= 0.3 is 0 Å². The third-order valence-corrected chi connectivity index (χ3v) is 2.85. The minimum absolute atomic E-state index is 0.702. The maximum Gasteiger partial charge on any atom is 0.0444 e. The molecule has 1 aromatic heterocycles. The molecule has 0 aliphatic heterocycles. The van der Waals surface area contributed by atoms with Gasteiger partial charge in [-0.2, -0.15) is 0 Å². The Morgan fingerprint density at radius 3 is 2.56 bits per heavy atom. The van der Waals surface area contributed by atoms with Gasteiger partial charge in [0.2, 0.25) is 0 Å². The molecule has 0 amide bonds. The summed E-state index contributed by atoms with van der Waals surface area (Å²) in [6, 6.07) is 14.5. The van der Waals surface area contributed by atoms with Crippen molar-refractivity contribution in [1.29, 1.82) is 0 Å². The highest BCUT2D eigenvalue weighted by atomic mass is 15.1. The summed E-state index contributed by atoms with van der Waals surface area (Å²) in [4.78, 5) is 6.52. The van der Waals surface area contributed by atoms with Crippen LogP contribution in [0.4, 0.5) is 11.4 Å². The van der Waals surface area contributed by atoms with E-state index in [1.165, 1.54) is 11.4 Å². The molecule has 0 aliphatic carbocycles. The number of anilines is 2. The molecular formula is C15H19N3. The van der Waals surface area contributed by atoms with Crippen molar-refractivity contribution in [2.24, 2.45) is 5.73 Å². The highest BCUT2D eigenvalue weighted by Gasteiger charge is 2.08. The fourth-order valence-electron chi connectivity index (χ4n) is 1.96. The number of para-hydroxylation sites is 1. The highest BCUT2D eigenvalue weighted by Crippen LogP contribution is 2.25. The summed E-state index contributed by atoms with van der Waals surface area (Å²) in [5, 5.41) is 0. The molecule has 0 aliphatic rings. The minimum atomic E-state index is 0.702. The summed E-state index contributed by atoms with van der Waals surface area (Å²) in [7, 11) is 0. The first-order chi connectivity index (χ1) is 8.81. The van der Waals surface area contributed by atoms with E-state index in [4.69, 9.17) is 5.73 Å². The zero-order chi connectivity index (χ0) is 12.8. The SMILES string of the molecule is Cc1cc(N(CCCN)c2ccccc2)ccn1. The molecule has 2 N–H and O–H groups in total. The largest absolute Gasteiger partial charge is 0.341 e. The number of nitrogens with two attached hydrogens (primary N) is 1. The molecule has 0 atom stereocenters. The molecule has 3 nitrogen and oxygen atoms in total. The Kier molecular flexibility index (Phi) is 4.31. The topological polar surface area (TPSA) is 42.1 Å². The Morgan fingerprint density at radius 2 is 1.89 bits per heavy atom. The smallest absolute Gasteiger partial charge is 0.0444 e. The van der Waals surface area contributed by atoms with E-state index >= 15 is 0 Å². The normalized spacial score (nSPS) is 10.3. The van der Waals surface area contributed by atoms with Crippen molar-refractivity contribution < 1.29 is 0 Å². The van der Waals surface area contributed by atoms with Gasteiger partial charge in [0, 0.05) is 29.8 Å². The molecule has 2 aromatic rings. The van der Waals surface area contributed by atoms with E-state index in [9.17, 15) is 0 Å². The molecule has 1 heterocycles. The zero-order valence-corrected chi connectivity index (χ0v) is 10.7. The van der Waals surface area contributed by atoms with Gasteiger partial charge < -0.3 is 10.6 Å². The third kappa shape index (κ3) is 3.08. The molecule has 18 heavy (non-hydrogen) atoms. The highest BCUT2D eigenvalue weighted by molar-refractivity contribution is 5.62. The third-order valence-electron chi connectivity index (χ3n) is 2.85. The van der Waals surface area contributed by atoms with Gasteiger partial charge in [-0.05, 0) is 44.2 Å². The van der Waals surface area contributed by atoms with Crippen molar-refractivity contribution in [2.45, 2.75) is 13.3 Å². The van der Waals surface area contributed by atoms with Crippen LogP contribution in [0.2, 0.25) is 0 Å². The van der Waals surface area contributed by atoms with E-state index in [1.54, 1.807) is 0 Å². The van der Waals surface area contributed by atoms with Crippen molar-refractivity contribution in [2.75, 3.05) is 18.0 Å². The summed E-state index contributed by atoms with van der Waals surface area (Å²) in [6.07, 6.45) is 2.82. The molecule has 2 rings (SSSR count). The van der Waals surface area contributed by atoms with Crippen LogP contribution in [0.1, 0.15) is 12.1 Å². The second-order valence-electron chi connectivity index (χ2n) is 4.28. The van der Waals surface area contributed by atoms with Crippen LogP contribution in [0.5, 0.6) is 0 Å². The Bertz CT molecular complexity index is 482. The maximum atomic E-state index is 5.62. The summed E-state index contributed by atoms with van der Waals surface area (Å²) in [6.45, 7) is 3.63. The molecule has 0 radical (unpaired) electrons. The fourth-order valence-corrected chi connectivity index (χ4v) is 1.96. The molecule has 94 valence electrons. The van der Waals surface area contributed by atoms with Crippen molar-refractivity contribution in [3.8, 4) is 0 Å². The fraction of sp³-hybridized carbons (Fsp3) is 0.267. The number of aryl methyl sites for hydroxylation is 1. The molecule has 0 fully saturated rings. The van der Waals surface area contributed by atoms with Crippen molar-refractivity contribution in [3.63, 3.8) is 0 Å². The average molecular weight is 241 g/mol. The number of hydrogen-bond donors (Lipinski definition) is 1. The van der Waals surface area contributed by atoms with E-state index in [-0.39, 0.29) is 0 Å². The monoisotopic (exact) mass is 241 g/mol. The van der Waals surface area contributed by atoms with Crippen LogP contribution < -0.4 is 10.6 Å². The van der Waals surface area contributed by atoms with E-state index in [2.05, 4.69) is 40.2 Å². The molecule has 0 spiro atoms. The maximum absolute atomic E-state index is 5.62. The average Bonchev–Trinajstić information content (AvgIpc) is 2.40. The molecule has 0 saturated carbocycles. The summed E-state index contributed by atoms with van der Waals surface area (Å²) >= 11 is 0. The van der Waals surface area contributed by atoms with Gasteiger partial charge in [0.25, 0.3) is 0 Å². The van der Waals surface area contributed by atoms with Gasteiger partial charge in [-0.1, -0.05) is 18.2 Å². The molecular weight excluding hydrogens is 222 g/mol. The van der Waals surface area contributed by atoms with Crippen LogP contribution in [0.25, 0.3) is 0 Å². The van der Waals surface area contributed by atoms with E-state index in [1.807, 2.05) is 25.3 Å². The van der Waals surface area contributed by atoms with Crippen LogP contribution in [0.3, 0.4) is 0 Å². The van der Waals surface area contributed by atoms with Crippen molar-refractivity contribution >= 4 is 11.4 Å². The molecule has 0 bridgehead atoms. The predicted octanol–water partition coefficient (Wildman–Crippen LogP) is 2.88. The summed E-state index contributed by atoms with van der Waals surface area (Å²) < 4.78 is 0. The first-order valence-corrected chi connectivity index (χ1v) is 6.26. The number of hydrogen-bond acceptors (Lipinski definition) is 3. The number of nitrogens with zero attached hydrogens (tertiary/aromatic N) is 2. The standard InChI is InChI=1S/C15H19N3/c1-13-12-15(8-10-17-13)18(11-5-9-16)14-6-3-2-4-7-14/h2-4,6-8,10,12H,5,9,11,16H2,1H3. The van der Waals surface area contributed by atoms with Crippen molar-refractivity contribution in [3.05, 3.63) is 54.4 Å². The molecule has 0 saturated heterocycles. The molecule has 0 unspecified atom stereocenters. The Balaban J connectivity index is 2.31. The number of benzene rings is 1. The second kappa shape index (κ2) is 6.17. The van der Waals surface area contributed by atoms with Gasteiger partial charge in [-0.15, -0.1) is 0 Å². The van der Waals surface area contributed by atoms with Gasteiger partial charge in [0.05, 0.1) is 0 Å². The first kappa shape index (κ1) is 12.6. The second-order valence-corrected chi connectivity index (χ2v) is 4.28. The lowest BCUT2D eigenvalue weighted by Crippen LogP contribution is -2.21. The number of aromatic nitrogens is 1. The zero-order valence-electron chi connectivity index (χ0n) is 10.7. The van der Waals surface area contributed by atoms with Crippen LogP contribution >= 0.6 is 0 Å². The summed E-state index contributed by atoms with van der Waals surface area (Å²) in [5.74, 6) is 0. The minimum Gasteiger partial charge on any atom is -0.341 e. The van der Waals surface area contributed by atoms with Gasteiger partial charge in [0.15, 0.2) is 0 Å². The van der Waals surface area contributed by atoms with E-state index in [0.29, 0.717) is 6.54 Å².